The van der Waals surface area contributed by atoms with Crippen LogP contribution in [0.3, 0.4) is 0 Å². The van der Waals surface area contributed by atoms with E-state index in [4.69, 9.17) is 15.0 Å². The largest absolute Gasteiger partial charge is 0.497 e. The highest BCUT2D eigenvalue weighted by Crippen LogP contribution is 2.31. The maximum Gasteiger partial charge on any atom is 0.265 e. The van der Waals surface area contributed by atoms with Crippen LogP contribution in [0.15, 0.2) is 28.8 Å². The number of ether oxygens (including phenoxy) is 1. The van der Waals surface area contributed by atoms with Crippen LogP contribution in [0.2, 0.25) is 0 Å². The van der Waals surface area contributed by atoms with Gasteiger partial charge in [0.05, 0.1) is 7.11 Å². The molecule has 0 aliphatic heterocycles. The first-order valence-corrected chi connectivity index (χ1v) is 6.23. The third kappa shape index (κ3) is 2.27. The number of aromatic amines is 1. The molecule has 0 aliphatic carbocycles. The minimum absolute atomic E-state index is 0.302. The number of benzene rings is 1. The summed E-state index contributed by atoms with van der Waals surface area (Å²) in [5.74, 6) is 2.45. The van der Waals surface area contributed by atoms with E-state index in [1.807, 2.05) is 24.3 Å². The Morgan fingerprint density at radius 1 is 1.29 bits per heavy atom. The fourth-order valence-corrected chi connectivity index (χ4v) is 1.94. The van der Waals surface area contributed by atoms with E-state index in [0.717, 1.165) is 11.3 Å². The molecule has 8 nitrogen and oxygen atoms in total. The van der Waals surface area contributed by atoms with E-state index in [9.17, 15) is 0 Å². The summed E-state index contributed by atoms with van der Waals surface area (Å²) in [5, 5.41) is 13.6. The molecular weight excluding hydrogens is 272 g/mol. The van der Waals surface area contributed by atoms with Crippen LogP contribution in [-0.2, 0) is 0 Å². The third-order valence-corrected chi connectivity index (χ3v) is 3.02. The lowest BCUT2D eigenvalue weighted by Gasteiger charge is -1.99. The fourth-order valence-electron chi connectivity index (χ4n) is 1.94. The zero-order chi connectivity index (χ0) is 14.8. The van der Waals surface area contributed by atoms with Gasteiger partial charge >= 0.3 is 0 Å². The standard InChI is InChI=1S/C13H14N6O2/c1-15-12-9(10(14)17-18-12)13-16-11(19-21-13)7-3-5-8(20-2)6-4-7/h3-6H,1-2H3,(H4,14,15,17,18). The number of nitrogens with two attached hydrogens (primary N) is 1. The van der Waals surface area contributed by atoms with Crippen molar-refractivity contribution in [3.63, 3.8) is 0 Å². The Morgan fingerprint density at radius 3 is 2.71 bits per heavy atom. The summed E-state index contributed by atoms with van der Waals surface area (Å²) in [5.41, 5.74) is 7.21. The van der Waals surface area contributed by atoms with Gasteiger partial charge in [-0.25, -0.2) is 0 Å². The molecule has 0 fully saturated rings. The van der Waals surface area contributed by atoms with E-state index >= 15 is 0 Å². The summed E-state index contributed by atoms with van der Waals surface area (Å²) in [6.45, 7) is 0. The van der Waals surface area contributed by atoms with Gasteiger partial charge < -0.3 is 20.3 Å². The lowest BCUT2D eigenvalue weighted by molar-refractivity contribution is 0.415. The SMILES string of the molecule is CNc1n[nH]c(N)c1-c1nc(-c2ccc(OC)cc2)no1. The van der Waals surface area contributed by atoms with Crippen molar-refractivity contribution in [2.24, 2.45) is 0 Å². The van der Waals surface area contributed by atoms with Crippen molar-refractivity contribution >= 4 is 11.6 Å². The van der Waals surface area contributed by atoms with Gasteiger partial charge in [0.2, 0.25) is 5.82 Å². The average Bonchev–Trinajstić information content (AvgIpc) is 3.13. The summed E-state index contributed by atoms with van der Waals surface area (Å²) in [4.78, 5) is 4.35. The average molecular weight is 286 g/mol. The number of methoxy groups -OCH3 is 1. The molecule has 21 heavy (non-hydrogen) atoms. The number of nitrogens with one attached hydrogen (secondary N) is 2. The van der Waals surface area contributed by atoms with Gasteiger partial charge in [-0.3, -0.25) is 5.10 Å². The zero-order valence-electron chi connectivity index (χ0n) is 11.5. The van der Waals surface area contributed by atoms with Crippen LogP contribution in [0, 0.1) is 0 Å². The van der Waals surface area contributed by atoms with Gasteiger partial charge in [0, 0.05) is 12.6 Å². The summed E-state index contributed by atoms with van der Waals surface area (Å²) < 4.78 is 10.4. The molecule has 1 aromatic carbocycles. The topological polar surface area (TPSA) is 115 Å². The highest BCUT2D eigenvalue weighted by molar-refractivity contribution is 5.79. The summed E-state index contributed by atoms with van der Waals surface area (Å²) in [7, 11) is 3.35. The molecule has 2 aromatic heterocycles. The minimum atomic E-state index is 0.302. The lowest BCUT2D eigenvalue weighted by Crippen LogP contribution is -1.92. The predicted octanol–water partition coefficient (Wildman–Crippen LogP) is 1.76. The van der Waals surface area contributed by atoms with Crippen molar-refractivity contribution in [3.05, 3.63) is 24.3 Å². The Morgan fingerprint density at radius 2 is 2.05 bits per heavy atom. The van der Waals surface area contributed by atoms with Crippen LogP contribution in [-0.4, -0.2) is 34.5 Å². The van der Waals surface area contributed by atoms with Crippen molar-refractivity contribution < 1.29 is 9.26 Å². The number of nitrogen functional groups attached to an aromatic ring is 1. The predicted molar refractivity (Wildman–Crippen MR) is 77.8 cm³/mol. The highest BCUT2D eigenvalue weighted by atomic mass is 16.5. The van der Waals surface area contributed by atoms with Crippen molar-refractivity contribution in [1.29, 1.82) is 0 Å². The molecule has 2 heterocycles. The van der Waals surface area contributed by atoms with Crippen LogP contribution in [0.1, 0.15) is 0 Å². The fraction of sp³-hybridized carbons (Fsp3) is 0.154. The molecule has 0 unspecified atom stereocenters. The number of hydrogen-bond donors (Lipinski definition) is 3. The first-order valence-electron chi connectivity index (χ1n) is 6.23. The van der Waals surface area contributed by atoms with E-state index in [2.05, 4.69) is 25.7 Å². The quantitative estimate of drug-likeness (QED) is 0.669. The van der Waals surface area contributed by atoms with Gasteiger partial charge in [0.25, 0.3) is 5.89 Å². The first kappa shape index (κ1) is 13.0. The number of H-pyrrole nitrogens is 1. The van der Waals surface area contributed by atoms with Crippen molar-refractivity contribution in [2.45, 2.75) is 0 Å². The van der Waals surface area contributed by atoms with Crippen LogP contribution < -0.4 is 15.8 Å². The maximum atomic E-state index is 5.83. The molecule has 108 valence electrons. The smallest absolute Gasteiger partial charge is 0.265 e. The second-order valence-corrected chi connectivity index (χ2v) is 4.26. The van der Waals surface area contributed by atoms with E-state index in [1.165, 1.54) is 0 Å². The van der Waals surface area contributed by atoms with Gasteiger partial charge in [-0.15, -0.1) is 0 Å². The van der Waals surface area contributed by atoms with Gasteiger partial charge in [-0.2, -0.15) is 10.1 Å². The van der Waals surface area contributed by atoms with E-state index in [1.54, 1.807) is 14.2 Å². The van der Waals surface area contributed by atoms with Crippen molar-refractivity contribution in [1.82, 2.24) is 20.3 Å². The molecule has 3 rings (SSSR count). The Hall–Kier alpha value is -3.03. The first-order chi connectivity index (χ1) is 10.2. The Kier molecular flexibility index (Phi) is 3.19. The third-order valence-electron chi connectivity index (χ3n) is 3.02. The van der Waals surface area contributed by atoms with Crippen molar-refractivity contribution in [3.8, 4) is 28.6 Å². The molecule has 0 radical (unpaired) electrons. The Bertz CT molecular complexity index is 746. The maximum absolute atomic E-state index is 5.83. The second-order valence-electron chi connectivity index (χ2n) is 4.26. The molecule has 4 N–H and O–H groups in total. The summed E-state index contributed by atoms with van der Waals surface area (Å²) in [6.07, 6.45) is 0. The van der Waals surface area contributed by atoms with E-state index < -0.39 is 0 Å². The van der Waals surface area contributed by atoms with Crippen LogP contribution in [0.4, 0.5) is 11.6 Å². The molecular formula is C13H14N6O2. The molecule has 0 amide bonds. The minimum Gasteiger partial charge on any atom is -0.497 e. The number of rotatable bonds is 4. The number of anilines is 2. The molecule has 0 spiro atoms. The van der Waals surface area contributed by atoms with E-state index in [0.29, 0.717) is 28.9 Å². The van der Waals surface area contributed by atoms with Gasteiger partial charge in [0.1, 0.15) is 17.1 Å². The number of hydrogen-bond acceptors (Lipinski definition) is 7. The van der Waals surface area contributed by atoms with Crippen LogP contribution >= 0.6 is 0 Å². The molecule has 0 saturated heterocycles. The molecule has 0 bridgehead atoms. The summed E-state index contributed by atoms with van der Waals surface area (Å²) in [6, 6.07) is 7.36. The number of nitrogens with zero attached hydrogens (tertiary/aromatic N) is 3. The normalized spacial score (nSPS) is 10.6. The van der Waals surface area contributed by atoms with Crippen LogP contribution in [0.5, 0.6) is 5.75 Å². The second kappa shape index (κ2) is 5.16. The zero-order valence-corrected chi connectivity index (χ0v) is 11.5. The van der Waals surface area contributed by atoms with Gasteiger partial charge in [-0.05, 0) is 24.3 Å². The molecule has 8 heteroatoms. The summed E-state index contributed by atoms with van der Waals surface area (Å²) >= 11 is 0. The molecule has 0 aliphatic rings. The van der Waals surface area contributed by atoms with Crippen LogP contribution in [0.25, 0.3) is 22.8 Å². The van der Waals surface area contributed by atoms with Gasteiger partial charge in [-0.1, -0.05) is 5.16 Å². The highest BCUT2D eigenvalue weighted by Gasteiger charge is 2.19. The van der Waals surface area contributed by atoms with E-state index in [-0.39, 0.29) is 0 Å². The van der Waals surface area contributed by atoms with Crippen molar-refractivity contribution in [2.75, 3.05) is 25.2 Å². The Balaban J connectivity index is 1.97. The molecule has 3 aromatic rings. The molecule has 0 atom stereocenters. The lowest BCUT2D eigenvalue weighted by atomic mass is 10.2. The number of aromatic nitrogens is 4. The monoisotopic (exact) mass is 286 g/mol. The van der Waals surface area contributed by atoms with Gasteiger partial charge in [0.15, 0.2) is 5.82 Å². The Labute approximate surface area is 120 Å². The molecule has 0 saturated carbocycles.